The van der Waals surface area contributed by atoms with Gasteiger partial charge in [0.15, 0.2) is 17.2 Å². The lowest BCUT2D eigenvalue weighted by molar-refractivity contribution is 0.0339. The topological polar surface area (TPSA) is 80.5 Å². The number of rotatable bonds is 5. The smallest absolute Gasteiger partial charge is 0.181 e. The zero-order valence-electron chi connectivity index (χ0n) is 19.3. The first-order valence-electron chi connectivity index (χ1n) is 12.6. The van der Waals surface area contributed by atoms with Crippen molar-refractivity contribution in [3.63, 3.8) is 0 Å². The third-order valence-electron chi connectivity index (χ3n) is 8.52. The van der Waals surface area contributed by atoms with Gasteiger partial charge in [0.1, 0.15) is 23.0 Å². The molecule has 7 heteroatoms. The molecular formula is C27H28FN5O. The Labute approximate surface area is 197 Å². The maximum Gasteiger partial charge on any atom is 0.181 e. The number of halogens is 1. The van der Waals surface area contributed by atoms with E-state index in [0.717, 1.165) is 41.2 Å². The van der Waals surface area contributed by atoms with E-state index < -0.39 is 5.82 Å². The quantitative estimate of drug-likeness (QED) is 0.380. The SMILES string of the molecule is C[C@H]1C2CCC(CC2)[C@@H]1Cc1cc(-c2ccc(C3CC3)o2)nc(-c2[nH]nc3ncc(F)cc23)n1. The highest BCUT2D eigenvalue weighted by Crippen LogP contribution is 2.50. The summed E-state index contributed by atoms with van der Waals surface area (Å²) in [4.78, 5) is 13.9. The van der Waals surface area contributed by atoms with Crippen LogP contribution in [0.15, 0.2) is 34.9 Å². The second-order valence-corrected chi connectivity index (χ2v) is 10.6. The van der Waals surface area contributed by atoms with Gasteiger partial charge in [-0.3, -0.25) is 5.10 Å². The lowest BCUT2D eigenvalue weighted by Gasteiger charge is -2.47. The van der Waals surface area contributed by atoms with Crippen LogP contribution >= 0.6 is 0 Å². The minimum atomic E-state index is -0.404. The van der Waals surface area contributed by atoms with E-state index in [2.05, 4.69) is 34.2 Å². The van der Waals surface area contributed by atoms with Gasteiger partial charge in [-0.25, -0.2) is 19.3 Å². The van der Waals surface area contributed by atoms with Crippen LogP contribution in [-0.4, -0.2) is 25.1 Å². The Balaban J connectivity index is 1.32. The Morgan fingerprint density at radius 2 is 1.85 bits per heavy atom. The van der Waals surface area contributed by atoms with Gasteiger partial charge in [0.05, 0.1) is 11.6 Å². The molecule has 2 atom stereocenters. The Morgan fingerprint density at radius 1 is 1.03 bits per heavy atom. The first kappa shape index (κ1) is 20.3. The standard InChI is InChI=1S/C27H28FN5O/c1-14-15-2-4-16(5-3-15)20(14)11-19-12-22(24-9-8-23(34-24)17-6-7-17)31-27(30-19)25-21-10-18(28)13-29-26(21)33-32-25/h8-10,12-17,20H,2-7,11H2,1H3,(H,29,32,33)/t14-,15?,16?,20+/m0/s1. The third kappa shape index (κ3) is 3.44. The molecule has 0 spiro atoms. The van der Waals surface area contributed by atoms with Gasteiger partial charge in [0.2, 0.25) is 0 Å². The second-order valence-electron chi connectivity index (χ2n) is 10.6. The molecule has 4 saturated carbocycles. The molecule has 4 aromatic rings. The monoisotopic (exact) mass is 457 g/mol. The Bertz CT molecular complexity index is 1360. The summed E-state index contributed by atoms with van der Waals surface area (Å²) in [6, 6.07) is 7.62. The molecule has 0 aromatic carbocycles. The lowest BCUT2D eigenvalue weighted by atomic mass is 9.58. The molecule has 174 valence electrons. The van der Waals surface area contributed by atoms with Crippen molar-refractivity contribution in [3.8, 4) is 23.0 Å². The van der Waals surface area contributed by atoms with Gasteiger partial charge in [-0.1, -0.05) is 6.92 Å². The minimum Gasteiger partial charge on any atom is -0.459 e. The van der Waals surface area contributed by atoms with E-state index in [-0.39, 0.29) is 0 Å². The Morgan fingerprint density at radius 3 is 2.65 bits per heavy atom. The number of furan rings is 1. The fourth-order valence-corrected chi connectivity index (χ4v) is 6.43. The fourth-order valence-electron chi connectivity index (χ4n) is 6.43. The number of hydrogen-bond acceptors (Lipinski definition) is 5. The van der Waals surface area contributed by atoms with Crippen molar-refractivity contribution in [3.05, 3.63) is 47.7 Å². The van der Waals surface area contributed by atoms with E-state index in [4.69, 9.17) is 14.4 Å². The molecule has 4 fully saturated rings. The lowest BCUT2D eigenvalue weighted by Crippen LogP contribution is -2.39. The van der Waals surface area contributed by atoms with Gasteiger partial charge in [0.25, 0.3) is 0 Å². The normalized spacial score (nSPS) is 26.4. The molecule has 0 amide bonds. The number of nitrogens with zero attached hydrogens (tertiary/aromatic N) is 4. The van der Waals surface area contributed by atoms with Crippen molar-refractivity contribution >= 4 is 11.0 Å². The van der Waals surface area contributed by atoms with Crippen LogP contribution in [-0.2, 0) is 6.42 Å². The summed E-state index contributed by atoms with van der Waals surface area (Å²) >= 11 is 0. The van der Waals surface area contributed by atoms with Crippen molar-refractivity contribution in [1.82, 2.24) is 25.1 Å². The number of fused-ring (bicyclic) bond motifs is 4. The van der Waals surface area contributed by atoms with Gasteiger partial charge >= 0.3 is 0 Å². The molecule has 0 aliphatic heterocycles. The van der Waals surface area contributed by atoms with E-state index in [1.807, 2.05) is 6.07 Å². The van der Waals surface area contributed by atoms with E-state index in [9.17, 15) is 4.39 Å². The highest BCUT2D eigenvalue weighted by molar-refractivity contribution is 5.88. The van der Waals surface area contributed by atoms with Crippen molar-refractivity contribution in [2.45, 2.75) is 57.8 Å². The zero-order valence-corrected chi connectivity index (χ0v) is 19.3. The summed E-state index contributed by atoms with van der Waals surface area (Å²) in [5.41, 5.74) is 2.84. The maximum absolute atomic E-state index is 14.0. The molecule has 0 radical (unpaired) electrons. The first-order valence-corrected chi connectivity index (χ1v) is 12.6. The summed E-state index contributed by atoms with van der Waals surface area (Å²) in [6.07, 6.45) is 9.90. The van der Waals surface area contributed by atoms with Crippen molar-refractivity contribution in [2.24, 2.45) is 23.7 Å². The number of hydrogen-bond donors (Lipinski definition) is 1. The molecule has 6 nitrogen and oxygen atoms in total. The van der Waals surface area contributed by atoms with Gasteiger partial charge in [-0.15, -0.1) is 0 Å². The molecule has 4 aliphatic rings. The van der Waals surface area contributed by atoms with Gasteiger partial charge in [0, 0.05) is 11.6 Å². The summed E-state index contributed by atoms with van der Waals surface area (Å²) in [6.45, 7) is 2.43. The molecule has 2 bridgehead atoms. The fraction of sp³-hybridized carbons (Fsp3) is 0.481. The van der Waals surface area contributed by atoms with E-state index in [1.54, 1.807) is 0 Å². The van der Waals surface area contributed by atoms with Crippen LogP contribution in [0.3, 0.4) is 0 Å². The van der Waals surface area contributed by atoms with E-state index >= 15 is 0 Å². The van der Waals surface area contributed by atoms with Gasteiger partial charge < -0.3 is 4.42 Å². The number of nitrogens with one attached hydrogen (secondary N) is 1. The van der Waals surface area contributed by atoms with Crippen LogP contribution in [0.5, 0.6) is 0 Å². The van der Waals surface area contributed by atoms with Crippen LogP contribution in [0.2, 0.25) is 0 Å². The molecule has 8 rings (SSSR count). The highest BCUT2D eigenvalue weighted by atomic mass is 19.1. The summed E-state index contributed by atoms with van der Waals surface area (Å²) in [7, 11) is 0. The average Bonchev–Trinajstić information content (AvgIpc) is 3.43. The molecule has 1 N–H and O–H groups in total. The molecule has 4 aliphatic carbocycles. The Hall–Kier alpha value is -3.09. The van der Waals surface area contributed by atoms with E-state index in [1.165, 1.54) is 50.8 Å². The molecule has 4 heterocycles. The van der Waals surface area contributed by atoms with Crippen LogP contribution in [0.4, 0.5) is 4.39 Å². The number of aromatic nitrogens is 5. The predicted molar refractivity (Wildman–Crippen MR) is 126 cm³/mol. The molecule has 4 aromatic heterocycles. The number of pyridine rings is 1. The third-order valence-corrected chi connectivity index (χ3v) is 8.52. The van der Waals surface area contributed by atoms with Crippen LogP contribution in [0.25, 0.3) is 34.0 Å². The molecular weight excluding hydrogens is 429 g/mol. The van der Waals surface area contributed by atoms with Gasteiger partial charge in [-0.05, 0) is 92.9 Å². The molecule has 34 heavy (non-hydrogen) atoms. The maximum atomic E-state index is 14.0. The van der Waals surface area contributed by atoms with Gasteiger partial charge in [-0.2, -0.15) is 5.10 Å². The van der Waals surface area contributed by atoms with E-state index in [0.29, 0.717) is 40.3 Å². The summed E-state index contributed by atoms with van der Waals surface area (Å²) in [5, 5.41) is 7.85. The summed E-state index contributed by atoms with van der Waals surface area (Å²) in [5.74, 6) is 5.42. The largest absolute Gasteiger partial charge is 0.459 e. The number of H-pyrrole nitrogens is 1. The Kier molecular flexibility index (Phi) is 4.61. The van der Waals surface area contributed by atoms with Crippen LogP contribution in [0, 0.1) is 29.5 Å². The van der Waals surface area contributed by atoms with Crippen molar-refractivity contribution in [1.29, 1.82) is 0 Å². The predicted octanol–water partition coefficient (Wildman–Crippen LogP) is 6.31. The highest BCUT2D eigenvalue weighted by Gasteiger charge is 2.41. The average molecular weight is 458 g/mol. The minimum absolute atomic E-state index is 0.404. The molecule has 0 unspecified atom stereocenters. The zero-order chi connectivity index (χ0) is 22.8. The first-order chi connectivity index (χ1) is 16.6. The summed E-state index contributed by atoms with van der Waals surface area (Å²) < 4.78 is 20.2. The molecule has 0 saturated heterocycles. The number of aromatic amines is 1. The van der Waals surface area contributed by atoms with Crippen molar-refractivity contribution < 1.29 is 8.81 Å². The second kappa shape index (κ2) is 7.72. The van der Waals surface area contributed by atoms with Crippen molar-refractivity contribution in [2.75, 3.05) is 0 Å². The van der Waals surface area contributed by atoms with Crippen LogP contribution in [0.1, 0.15) is 62.8 Å². The van der Waals surface area contributed by atoms with Crippen LogP contribution < -0.4 is 0 Å².